The highest BCUT2D eigenvalue weighted by atomic mass is 35.5. The van der Waals surface area contributed by atoms with Gasteiger partial charge in [0.2, 0.25) is 0 Å². The first-order chi connectivity index (χ1) is 13.7. The molecule has 2 aliphatic heterocycles. The number of benzene rings is 1. The summed E-state index contributed by atoms with van der Waals surface area (Å²) in [6.07, 6.45) is 0.748. The molecule has 2 amide bonds. The predicted molar refractivity (Wildman–Crippen MR) is 116 cm³/mol. The van der Waals surface area contributed by atoms with Crippen molar-refractivity contribution in [1.82, 2.24) is 15.1 Å². The summed E-state index contributed by atoms with van der Waals surface area (Å²) >= 11 is 5.93. The highest BCUT2D eigenvalue weighted by molar-refractivity contribution is 8.00. The van der Waals surface area contributed by atoms with Crippen LogP contribution in [-0.2, 0) is 10.0 Å². The summed E-state index contributed by atoms with van der Waals surface area (Å²) in [6, 6.07) is 6.66. The Morgan fingerprint density at radius 1 is 1.17 bits per heavy atom. The van der Waals surface area contributed by atoms with Gasteiger partial charge in [-0.2, -0.15) is 8.42 Å². The predicted octanol–water partition coefficient (Wildman–Crippen LogP) is 3.19. The number of carbonyl (C=O) groups excluding carboxylic acids is 1. The molecular weight excluding hydrogens is 412 g/mol. The van der Waals surface area contributed by atoms with Gasteiger partial charge in [-0.15, -0.1) is 4.40 Å². The van der Waals surface area contributed by atoms with E-state index in [1.807, 2.05) is 4.90 Å². The number of nitrogens with zero attached hydrogens (tertiary/aromatic N) is 3. The molecular formula is C20H27ClN4O3S. The number of urea groups is 1. The molecule has 1 fully saturated rings. The topological polar surface area (TPSA) is 82.1 Å². The van der Waals surface area contributed by atoms with Crippen molar-refractivity contribution in [3.05, 3.63) is 40.4 Å². The molecule has 1 aromatic rings. The minimum absolute atomic E-state index is 0.0735. The van der Waals surface area contributed by atoms with Gasteiger partial charge in [-0.1, -0.05) is 37.6 Å². The number of carbonyl (C=O) groups is 1. The highest BCUT2D eigenvalue weighted by Gasteiger charge is 2.34. The highest BCUT2D eigenvalue weighted by Crippen LogP contribution is 2.34. The Bertz CT molecular complexity index is 939. The van der Waals surface area contributed by atoms with E-state index >= 15 is 0 Å². The number of amidine groups is 1. The molecule has 0 unspecified atom stereocenters. The van der Waals surface area contributed by atoms with Crippen molar-refractivity contribution in [1.29, 1.82) is 0 Å². The fraction of sp³-hybridized carbons (Fsp3) is 0.500. The van der Waals surface area contributed by atoms with Crippen LogP contribution in [0.15, 0.2) is 34.2 Å². The van der Waals surface area contributed by atoms with E-state index in [0.29, 0.717) is 60.6 Å². The molecule has 0 saturated carbocycles. The molecule has 0 atom stereocenters. The fourth-order valence-electron chi connectivity index (χ4n) is 3.52. The van der Waals surface area contributed by atoms with Crippen molar-refractivity contribution in [2.75, 3.05) is 32.7 Å². The van der Waals surface area contributed by atoms with Gasteiger partial charge in [-0.3, -0.25) is 0 Å². The lowest BCUT2D eigenvalue weighted by Gasteiger charge is -2.24. The van der Waals surface area contributed by atoms with Crippen LogP contribution in [-0.4, -0.2) is 62.8 Å². The second kappa shape index (κ2) is 8.75. The molecule has 0 spiro atoms. The standard InChI is InChI=1S/C20H27ClN4O3S/c1-14(2)13-22-20(26)25-10-4-9-24(11-12-25)19-15(3)18(29(27,28)23-19)16-5-7-17(21)8-6-16/h5-8,14H,4,9-13H2,1-3H3,(H,22,26). The molecule has 2 aliphatic rings. The summed E-state index contributed by atoms with van der Waals surface area (Å²) in [7, 11) is -3.77. The maximum atomic E-state index is 12.7. The molecule has 29 heavy (non-hydrogen) atoms. The summed E-state index contributed by atoms with van der Waals surface area (Å²) in [4.78, 5) is 16.3. The lowest BCUT2D eigenvalue weighted by atomic mass is 10.1. The summed E-state index contributed by atoms with van der Waals surface area (Å²) in [6.45, 7) is 8.86. The first-order valence-electron chi connectivity index (χ1n) is 9.79. The summed E-state index contributed by atoms with van der Waals surface area (Å²) in [5.74, 6) is 0.860. The van der Waals surface area contributed by atoms with Crippen LogP contribution in [0.4, 0.5) is 4.79 Å². The van der Waals surface area contributed by atoms with E-state index in [2.05, 4.69) is 23.6 Å². The number of hydrogen-bond acceptors (Lipinski definition) is 4. The SMILES string of the molecule is CC1=C(c2ccc(Cl)cc2)S(=O)(=O)N=C1N1CCCN(C(=O)NCC(C)C)CC1. The largest absolute Gasteiger partial charge is 0.354 e. The van der Waals surface area contributed by atoms with Crippen LogP contribution >= 0.6 is 11.6 Å². The van der Waals surface area contributed by atoms with Crippen molar-refractivity contribution in [2.24, 2.45) is 10.3 Å². The fourth-order valence-corrected chi connectivity index (χ4v) is 5.13. The average Bonchev–Trinajstić information content (AvgIpc) is 2.82. The van der Waals surface area contributed by atoms with E-state index in [0.717, 1.165) is 6.42 Å². The van der Waals surface area contributed by atoms with E-state index in [1.54, 1.807) is 36.1 Å². The number of rotatable bonds is 3. The molecule has 3 rings (SSSR count). The van der Waals surface area contributed by atoms with Crippen LogP contribution in [0, 0.1) is 5.92 Å². The third kappa shape index (κ3) is 4.93. The summed E-state index contributed by atoms with van der Waals surface area (Å²) in [5.41, 5.74) is 1.21. The second-order valence-corrected chi connectivity index (χ2v) is 9.74. The van der Waals surface area contributed by atoms with Gasteiger partial charge in [0, 0.05) is 43.3 Å². The molecule has 9 heteroatoms. The first kappa shape index (κ1) is 21.6. The Morgan fingerprint density at radius 2 is 1.86 bits per heavy atom. The maximum absolute atomic E-state index is 12.7. The lowest BCUT2D eigenvalue weighted by molar-refractivity contribution is 0.199. The van der Waals surface area contributed by atoms with Crippen LogP contribution in [0.25, 0.3) is 4.91 Å². The Labute approximate surface area is 177 Å². The number of amides is 2. The van der Waals surface area contributed by atoms with Crippen molar-refractivity contribution in [3.63, 3.8) is 0 Å². The van der Waals surface area contributed by atoms with Gasteiger partial charge in [-0.05, 0) is 37.0 Å². The van der Waals surface area contributed by atoms with E-state index < -0.39 is 10.0 Å². The van der Waals surface area contributed by atoms with Gasteiger partial charge in [-0.25, -0.2) is 4.79 Å². The Balaban J connectivity index is 1.77. The van der Waals surface area contributed by atoms with Crippen LogP contribution in [0.1, 0.15) is 32.8 Å². The van der Waals surface area contributed by atoms with Gasteiger partial charge >= 0.3 is 6.03 Å². The first-order valence-corrected chi connectivity index (χ1v) is 11.6. The Morgan fingerprint density at radius 3 is 2.52 bits per heavy atom. The smallest absolute Gasteiger partial charge is 0.317 e. The van der Waals surface area contributed by atoms with Crippen molar-refractivity contribution >= 4 is 38.4 Å². The minimum Gasteiger partial charge on any atom is -0.354 e. The van der Waals surface area contributed by atoms with Gasteiger partial charge in [0.25, 0.3) is 10.0 Å². The zero-order chi connectivity index (χ0) is 21.2. The van der Waals surface area contributed by atoms with Crippen molar-refractivity contribution in [3.8, 4) is 0 Å². The lowest BCUT2D eigenvalue weighted by Crippen LogP contribution is -2.43. The number of halogens is 1. The molecule has 0 bridgehead atoms. The molecule has 7 nitrogen and oxygen atoms in total. The third-order valence-corrected chi connectivity index (χ3v) is 6.71. The zero-order valence-corrected chi connectivity index (χ0v) is 18.6. The van der Waals surface area contributed by atoms with Crippen LogP contribution in [0.5, 0.6) is 0 Å². The second-order valence-electron chi connectivity index (χ2n) is 7.76. The van der Waals surface area contributed by atoms with Crippen LogP contribution < -0.4 is 5.32 Å². The quantitative estimate of drug-likeness (QED) is 0.785. The molecule has 1 saturated heterocycles. The zero-order valence-electron chi connectivity index (χ0n) is 17.0. The normalized spacial score (nSPS) is 19.4. The monoisotopic (exact) mass is 438 g/mol. The number of sulfonamides is 1. The van der Waals surface area contributed by atoms with Gasteiger partial charge in [0.15, 0.2) is 0 Å². The van der Waals surface area contributed by atoms with E-state index in [9.17, 15) is 13.2 Å². The number of hydrogen-bond donors (Lipinski definition) is 1. The summed E-state index contributed by atoms with van der Waals surface area (Å²) in [5, 5.41) is 3.49. The summed E-state index contributed by atoms with van der Waals surface area (Å²) < 4.78 is 29.5. The molecule has 0 aromatic heterocycles. The van der Waals surface area contributed by atoms with Crippen LogP contribution in [0.3, 0.4) is 0 Å². The molecule has 0 radical (unpaired) electrons. The average molecular weight is 439 g/mol. The van der Waals surface area contributed by atoms with Crippen molar-refractivity contribution in [2.45, 2.75) is 27.2 Å². The minimum atomic E-state index is -3.77. The van der Waals surface area contributed by atoms with Crippen LogP contribution in [0.2, 0.25) is 5.02 Å². The van der Waals surface area contributed by atoms with Gasteiger partial charge in [0.1, 0.15) is 10.7 Å². The maximum Gasteiger partial charge on any atom is 0.317 e. The molecule has 2 heterocycles. The molecule has 1 aromatic carbocycles. The molecule has 1 N–H and O–H groups in total. The Kier molecular flexibility index (Phi) is 6.53. The third-order valence-electron chi connectivity index (χ3n) is 4.99. The van der Waals surface area contributed by atoms with Gasteiger partial charge in [0.05, 0.1) is 0 Å². The Hall–Kier alpha value is -2.06. The number of nitrogens with one attached hydrogen (secondary N) is 1. The molecule has 158 valence electrons. The van der Waals surface area contributed by atoms with Crippen molar-refractivity contribution < 1.29 is 13.2 Å². The van der Waals surface area contributed by atoms with E-state index in [4.69, 9.17) is 11.6 Å². The molecule has 0 aliphatic carbocycles. The van der Waals surface area contributed by atoms with E-state index in [-0.39, 0.29) is 10.9 Å². The van der Waals surface area contributed by atoms with E-state index in [1.165, 1.54) is 0 Å². The van der Waals surface area contributed by atoms with Gasteiger partial charge < -0.3 is 15.1 Å².